The molecule has 34 heavy (non-hydrogen) atoms. The Balaban J connectivity index is 1.32. The standard InChI is InChI=1S/C27H30N4O3/c32-26(30-15-17-34-18-16-30)23-11-13-29(14-12-23)27(33)24-20-31(19-21-7-3-1-4-8-21)28-25(24)22-9-5-2-6-10-22/h1-10,20,23H,11-19H2. The molecule has 0 unspecified atom stereocenters. The number of ether oxygens (including phenoxy) is 1. The number of morpholine rings is 1. The fourth-order valence-electron chi connectivity index (χ4n) is 4.78. The van der Waals surface area contributed by atoms with E-state index in [0.717, 1.165) is 11.1 Å². The number of benzene rings is 2. The first kappa shape index (κ1) is 22.3. The Morgan fingerprint density at radius 1 is 0.853 bits per heavy atom. The van der Waals surface area contributed by atoms with E-state index in [-0.39, 0.29) is 17.7 Å². The number of aromatic nitrogens is 2. The van der Waals surface area contributed by atoms with Crippen LogP contribution in [-0.2, 0) is 16.1 Å². The maximum Gasteiger partial charge on any atom is 0.257 e. The number of hydrogen-bond donors (Lipinski definition) is 0. The fraction of sp³-hybridized carbons (Fsp3) is 0.370. The van der Waals surface area contributed by atoms with Crippen molar-refractivity contribution in [2.75, 3.05) is 39.4 Å². The molecule has 0 N–H and O–H groups in total. The Morgan fingerprint density at radius 3 is 2.18 bits per heavy atom. The molecular weight excluding hydrogens is 428 g/mol. The second-order valence-electron chi connectivity index (χ2n) is 8.94. The van der Waals surface area contributed by atoms with Gasteiger partial charge in [-0.1, -0.05) is 60.7 Å². The highest BCUT2D eigenvalue weighted by atomic mass is 16.5. The van der Waals surface area contributed by atoms with Crippen LogP contribution >= 0.6 is 0 Å². The van der Waals surface area contributed by atoms with Crippen LogP contribution in [0.15, 0.2) is 66.9 Å². The predicted molar refractivity (Wildman–Crippen MR) is 129 cm³/mol. The molecule has 2 aliphatic rings. The molecule has 3 aromatic rings. The molecule has 7 nitrogen and oxygen atoms in total. The van der Waals surface area contributed by atoms with Crippen LogP contribution < -0.4 is 0 Å². The lowest BCUT2D eigenvalue weighted by Crippen LogP contribution is -2.47. The van der Waals surface area contributed by atoms with Gasteiger partial charge in [0.25, 0.3) is 5.91 Å². The molecule has 0 aliphatic carbocycles. The van der Waals surface area contributed by atoms with Gasteiger partial charge in [0.05, 0.1) is 25.3 Å². The van der Waals surface area contributed by atoms with Gasteiger partial charge < -0.3 is 14.5 Å². The van der Waals surface area contributed by atoms with E-state index in [1.54, 1.807) is 0 Å². The second kappa shape index (κ2) is 10.2. The van der Waals surface area contributed by atoms with Crippen molar-refractivity contribution >= 4 is 11.8 Å². The Labute approximate surface area is 199 Å². The number of carbonyl (C=O) groups excluding carboxylic acids is 2. The maximum atomic E-state index is 13.6. The van der Waals surface area contributed by atoms with E-state index < -0.39 is 0 Å². The van der Waals surface area contributed by atoms with Gasteiger partial charge in [0.1, 0.15) is 5.69 Å². The lowest BCUT2D eigenvalue weighted by Gasteiger charge is -2.35. The lowest BCUT2D eigenvalue weighted by atomic mass is 9.94. The zero-order valence-corrected chi connectivity index (χ0v) is 19.3. The average Bonchev–Trinajstić information content (AvgIpc) is 3.33. The summed E-state index contributed by atoms with van der Waals surface area (Å²) in [5.74, 6) is 0.169. The van der Waals surface area contributed by atoms with Crippen molar-refractivity contribution in [1.29, 1.82) is 0 Å². The van der Waals surface area contributed by atoms with E-state index in [1.165, 1.54) is 0 Å². The van der Waals surface area contributed by atoms with Gasteiger partial charge >= 0.3 is 0 Å². The number of amides is 2. The zero-order chi connectivity index (χ0) is 23.3. The molecule has 7 heteroatoms. The number of rotatable bonds is 5. The number of hydrogen-bond acceptors (Lipinski definition) is 4. The minimum absolute atomic E-state index is 0.0171. The maximum absolute atomic E-state index is 13.6. The highest BCUT2D eigenvalue weighted by molar-refractivity contribution is 6.00. The summed E-state index contributed by atoms with van der Waals surface area (Å²) in [6.45, 7) is 4.31. The molecule has 1 aromatic heterocycles. The molecule has 3 heterocycles. The van der Waals surface area contributed by atoms with Gasteiger partial charge in [-0.25, -0.2) is 0 Å². The summed E-state index contributed by atoms with van der Waals surface area (Å²) in [6.07, 6.45) is 3.25. The normalized spacial score (nSPS) is 17.1. The summed E-state index contributed by atoms with van der Waals surface area (Å²) in [4.78, 5) is 30.3. The molecule has 0 radical (unpaired) electrons. The average molecular weight is 459 g/mol. The van der Waals surface area contributed by atoms with Crippen LogP contribution in [0.4, 0.5) is 0 Å². The summed E-state index contributed by atoms with van der Waals surface area (Å²) in [5, 5.41) is 4.79. The van der Waals surface area contributed by atoms with E-state index in [0.29, 0.717) is 70.0 Å². The Hall–Kier alpha value is -3.45. The molecule has 2 amide bonds. The number of nitrogens with zero attached hydrogens (tertiary/aromatic N) is 4. The van der Waals surface area contributed by atoms with Crippen molar-refractivity contribution in [2.24, 2.45) is 5.92 Å². The Morgan fingerprint density at radius 2 is 1.50 bits per heavy atom. The molecular formula is C27H30N4O3. The molecule has 0 spiro atoms. The minimum atomic E-state index is -0.0181. The van der Waals surface area contributed by atoms with E-state index in [4.69, 9.17) is 9.84 Å². The van der Waals surface area contributed by atoms with Crippen LogP contribution in [0.25, 0.3) is 11.3 Å². The Bertz CT molecular complexity index is 1120. The molecule has 2 saturated heterocycles. The van der Waals surface area contributed by atoms with E-state index in [9.17, 15) is 9.59 Å². The molecule has 0 saturated carbocycles. The van der Waals surface area contributed by atoms with Gasteiger partial charge in [-0.05, 0) is 18.4 Å². The fourth-order valence-corrected chi connectivity index (χ4v) is 4.78. The van der Waals surface area contributed by atoms with Crippen molar-refractivity contribution in [2.45, 2.75) is 19.4 Å². The molecule has 2 aliphatic heterocycles. The Kier molecular flexibility index (Phi) is 6.72. The number of carbonyl (C=O) groups is 2. The van der Waals surface area contributed by atoms with Gasteiger partial charge in [-0.3, -0.25) is 14.3 Å². The molecule has 2 aromatic carbocycles. The third-order valence-electron chi connectivity index (χ3n) is 6.68. The zero-order valence-electron chi connectivity index (χ0n) is 19.3. The summed E-state index contributed by atoms with van der Waals surface area (Å²) < 4.78 is 7.21. The van der Waals surface area contributed by atoms with E-state index in [2.05, 4.69) is 12.1 Å². The summed E-state index contributed by atoms with van der Waals surface area (Å²) in [6, 6.07) is 20.0. The monoisotopic (exact) mass is 458 g/mol. The smallest absolute Gasteiger partial charge is 0.257 e. The van der Waals surface area contributed by atoms with Gasteiger partial charge in [-0.15, -0.1) is 0 Å². The number of likely N-dealkylation sites (tertiary alicyclic amines) is 1. The van der Waals surface area contributed by atoms with E-state index >= 15 is 0 Å². The van der Waals surface area contributed by atoms with Crippen LogP contribution in [0, 0.1) is 5.92 Å². The van der Waals surface area contributed by atoms with Crippen LogP contribution in [0.2, 0.25) is 0 Å². The summed E-state index contributed by atoms with van der Waals surface area (Å²) >= 11 is 0. The van der Waals surface area contributed by atoms with Crippen molar-refractivity contribution in [1.82, 2.24) is 19.6 Å². The molecule has 2 fully saturated rings. The first-order valence-corrected chi connectivity index (χ1v) is 12.0. The third kappa shape index (κ3) is 4.89. The second-order valence-corrected chi connectivity index (χ2v) is 8.94. The van der Waals surface area contributed by atoms with Gasteiger partial charge in [0, 0.05) is 43.9 Å². The highest BCUT2D eigenvalue weighted by Crippen LogP contribution is 2.27. The van der Waals surface area contributed by atoms with Crippen molar-refractivity contribution < 1.29 is 14.3 Å². The topological polar surface area (TPSA) is 67.7 Å². The van der Waals surface area contributed by atoms with Crippen LogP contribution in [0.3, 0.4) is 0 Å². The van der Waals surface area contributed by atoms with Gasteiger partial charge in [0.15, 0.2) is 0 Å². The van der Waals surface area contributed by atoms with Crippen LogP contribution in [0.1, 0.15) is 28.8 Å². The van der Waals surface area contributed by atoms with Crippen molar-refractivity contribution in [3.05, 3.63) is 78.0 Å². The van der Waals surface area contributed by atoms with Gasteiger partial charge in [0.2, 0.25) is 5.91 Å². The van der Waals surface area contributed by atoms with Crippen LogP contribution in [0.5, 0.6) is 0 Å². The highest BCUT2D eigenvalue weighted by Gasteiger charge is 2.32. The first-order valence-electron chi connectivity index (χ1n) is 12.0. The van der Waals surface area contributed by atoms with Crippen LogP contribution in [-0.4, -0.2) is 70.8 Å². The first-order chi connectivity index (χ1) is 16.7. The minimum Gasteiger partial charge on any atom is -0.378 e. The van der Waals surface area contributed by atoms with E-state index in [1.807, 2.05) is 69.2 Å². The number of piperidine rings is 1. The summed E-state index contributed by atoms with van der Waals surface area (Å²) in [5.41, 5.74) is 3.37. The molecule has 5 rings (SSSR count). The quantitative estimate of drug-likeness (QED) is 0.588. The largest absolute Gasteiger partial charge is 0.378 e. The SMILES string of the molecule is O=C(c1cn(Cc2ccccc2)nc1-c1ccccc1)N1CCC(C(=O)N2CCOCC2)CC1. The summed E-state index contributed by atoms with van der Waals surface area (Å²) in [7, 11) is 0. The third-order valence-corrected chi connectivity index (χ3v) is 6.68. The molecule has 176 valence electrons. The predicted octanol–water partition coefficient (Wildman–Crippen LogP) is 3.31. The molecule has 0 atom stereocenters. The van der Waals surface area contributed by atoms with Crippen molar-refractivity contribution in [3.63, 3.8) is 0 Å². The van der Waals surface area contributed by atoms with Crippen molar-refractivity contribution in [3.8, 4) is 11.3 Å². The lowest BCUT2D eigenvalue weighted by molar-refractivity contribution is -0.141. The van der Waals surface area contributed by atoms with Gasteiger partial charge in [-0.2, -0.15) is 5.10 Å². The molecule has 0 bridgehead atoms.